The van der Waals surface area contributed by atoms with Gasteiger partial charge in [-0.1, -0.05) is 86.5 Å². The summed E-state index contributed by atoms with van der Waals surface area (Å²) in [5.74, 6) is -0.516. The standard InChI is InChI=1S/C32H39N3O6S/c1-4-23(2)20-34(42(39,40)27-17-15-24(3)16-18-27)21-29(36)28(19-25-11-7-5-8-12-25)33-31(37)30-22-35(32(38)41-30)26-13-9-6-10-14-26/h5-18,23,28-30,36H,4,19-22H2,1-3H3,(H,33,37)/t23-,28-,29+,30-/m0/s1. The molecule has 0 unspecified atom stereocenters. The Balaban J connectivity index is 1.55. The molecule has 224 valence electrons. The van der Waals surface area contributed by atoms with Crippen LogP contribution in [0.3, 0.4) is 0 Å². The van der Waals surface area contributed by atoms with Crippen molar-refractivity contribution in [2.24, 2.45) is 5.92 Å². The normalized spacial score (nSPS) is 17.5. The van der Waals surface area contributed by atoms with Crippen molar-refractivity contribution in [3.8, 4) is 0 Å². The van der Waals surface area contributed by atoms with Gasteiger partial charge >= 0.3 is 6.09 Å². The average molecular weight is 594 g/mol. The van der Waals surface area contributed by atoms with Gasteiger partial charge in [-0.25, -0.2) is 13.2 Å². The summed E-state index contributed by atoms with van der Waals surface area (Å²) < 4.78 is 34.1. The second kappa shape index (κ2) is 14.0. The van der Waals surface area contributed by atoms with Crippen LogP contribution >= 0.6 is 0 Å². The molecule has 1 saturated heterocycles. The summed E-state index contributed by atoms with van der Waals surface area (Å²) in [6, 6.07) is 24.0. The van der Waals surface area contributed by atoms with Crippen LogP contribution in [0.25, 0.3) is 0 Å². The molecule has 3 aromatic rings. The van der Waals surface area contributed by atoms with E-state index in [1.807, 2.05) is 57.2 Å². The molecule has 1 fully saturated rings. The maximum Gasteiger partial charge on any atom is 0.415 e. The smallest absolute Gasteiger partial charge is 0.415 e. The second-order valence-corrected chi connectivity index (χ2v) is 12.8. The number of amides is 2. The number of hydrogen-bond donors (Lipinski definition) is 2. The van der Waals surface area contributed by atoms with Gasteiger partial charge in [0.25, 0.3) is 5.91 Å². The topological polar surface area (TPSA) is 116 Å². The molecule has 42 heavy (non-hydrogen) atoms. The Labute approximate surface area is 248 Å². The molecule has 1 aliphatic rings. The van der Waals surface area contributed by atoms with Crippen LogP contribution in [0, 0.1) is 12.8 Å². The fourth-order valence-electron chi connectivity index (χ4n) is 4.79. The highest BCUT2D eigenvalue weighted by atomic mass is 32.2. The van der Waals surface area contributed by atoms with E-state index in [0.717, 1.165) is 17.5 Å². The lowest BCUT2D eigenvalue weighted by molar-refractivity contribution is -0.129. The number of nitrogens with zero attached hydrogens (tertiary/aromatic N) is 2. The molecular weight excluding hydrogens is 554 g/mol. The molecule has 1 aliphatic heterocycles. The van der Waals surface area contributed by atoms with Gasteiger partial charge in [0.2, 0.25) is 10.0 Å². The zero-order valence-corrected chi connectivity index (χ0v) is 25.0. The van der Waals surface area contributed by atoms with E-state index in [2.05, 4.69) is 5.32 Å². The molecule has 0 spiro atoms. The fraction of sp³-hybridized carbons (Fsp3) is 0.375. The number of nitrogens with one attached hydrogen (secondary N) is 1. The predicted molar refractivity (Wildman–Crippen MR) is 162 cm³/mol. The predicted octanol–water partition coefficient (Wildman–Crippen LogP) is 4.15. The number of para-hydroxylation sites is 1. The van der Waals surface area contributed by atoms with Crippen LogP contribution in [0.4, 0.5) is 10.5 Å². The number of anilines is 1. The first-order valence-corrected chi connectivity index (χ1v) is 15.6. The van der Waals surface area contributed by atoms with E-state index in [0.29, 0.717) is 5.69 Å². The number of carbonyl (C=O) groups is 2. The summed E-state index contributed by atoms with van der Waals surface area (Å²) in [5, 5.41) is 14.4. The minimum Gasteiger partial charge on any atom is -0.434 e. The number of hydrogen-bond acceptors (Lipinski definition) is 6. The molecule has 0 aromatic heterocycles. The van der Waals surface area contributed by atoms with E-state index >= 15 is 0 Å². The molecule has 0 saturated carbocycles. The first-order valence-electron chi connectivity index (χ1n) is 14.2. The average Bonchev–Trinajstić information content (AvgIpc) is 3.39. The first-order chi connectivity index (χ1) is 20.1. The number of rotatable bonds is 13. The summed E-state index contributed by atoms with van der Waals surface area (Å²) in [5.41, 5.74) is 2.40. The lowest BCUT2D eigenvalue weighted by Gasteiger charge is -2.31. The Hall–Kier alpha value is -3.73. The van der Waals surface area contributed by atoms with Crippen molar-refractivity contribution in [1.82, 2.24) is 9.62 Å². The third-order valence-electron chi connectivity index (χ3n) is 7.52. The van der Waals surface area contributed by atoms with Gasteiger partial charge in [0.1, 0.15) is 0 Å². The molecule has 1 heterocycles. The van der Waals surface area contributed by atoms with Crippen molar-refractivity contribution >= 4 is 27.7 Å². The zero-order valence-electron chi connectivity index (χ0n) is 24.2. The Bertz CT molecular complexity index is 1430. The Morgan fingerprint density at radius 1 is 1.02 bits per heavy atom. The molecule has 4 rings (SSSR count). The monoisotopic (exact) mass is 593 g/mol. The van der Waals surface area contributed by atoms with Gasteiger partial charge in [0.05, 0.1) is 23.6 Å². The van der Waals surface area contributed by atoms with E-state index in [1.165, 1.54) is 9.21 Å². The first kappa shape index (κ1) is 31.2. The van der Waals surface area contributed by atoms with Gasteiger partial charge in [-0.2, -0.15) is 4.31 Å². The largest absolute Gasteiger partial charge is 0.434 e. The van der Waals surface area contributed by atoms with Crippen LogP contribution in [0.2, 0.25) is 0 Å². The van der Waals surface area contributed by atoms with E-state index in [-0.39, 0.29) is 36.9 Å². The summed E-state index contributed by atoms with van der Waals surface area (Å²) in [4.78, 5) is 27.4. The van der Waals surface area contributed by atoms with Crippen LogP contribution in [-0.4, -0.2) is 67.7 Å². The molecule has 2 amide bonds. The second-order valence-electron chi connectivity index (χ2n) is 10.8. The molecule has 10 heteroatoms. The molecule has 0 radical (unpaired) electrons. The minimum atomic E-state index is -3.93. The van der Waals surface area contributed by atoms with Gasteiger partial charge in [0.15, 0.2) is 6.10 Å². The van der Waals surface area contributed by atoms with Gasteiger partial charge in [0, 0.05) is 18.8 Å². The van der Waals surface area contributed by atoms with Crippen molar-refractivity contribution in [1.29, 1.82) is 0 Å². The van der Waals surface area contributed by atoms with Crippen molar-refractivity contribution in [3.05, 3.63) is 96.1 Å². The van der Waals surface area contributed by atoms with Crippen LogP contribution in [-0.2, 0) is 26.0 Å². The molecular formula is C32H39N3O6S. The minimum absolute atomic E-state index is 0.0186. The van der Waals surface area contributed by atoms with Gasteiger partial charge < -0.3 is 15.2 Å². The van der Waals surface area contributed by atoms with Crippen LogP contribution in [0.5, 0.6) is 0 Å². The molecule has 4 atom stereocenters. The van der Waals surface area contributed by atoms with Crippen LogP contribution in [0.15, 0.2) is 89.8 Å². The number of aryl methyl sites for hydroxylation is 1. The number of ether oxygens (including phenoxy) is 1. The Morgan fingerprint density at radius 3 is 2.26 bits per heavy atom. The quantitative estimate of drug-likeness (QED) is 0.308. The van der Waals surface area contributed by atoms with E-state index < -0.39 is 40.3 Å². The van der Waals surface area contributed by atoms with E-state index in [1.54, 1.807) is 48.5 Å². The van der Waals surface area contributed by atoms with Crippen LogP contribution < -0.4 is 10.2 Å². The van der Waals surface area contributed by atoms with Crippen LogP contribution in [0.1, 0.15) is 31.4 Å². The maximum atomic E-state index is 13.7. The van der Waals surface area contributed by atoms with Crippen molar-refractivity contribution in [3.63, 3.8) is 0 Å². The third-order valence-corrected chi connectivity index (χ3v) is 9.37. The van der Waals surface area contributed by atoms with Gasteiger partial charge in [-0.05, 0) is 49.1 Å². The lowest BCUT2D eigenvalue weighted by Crippen LogP contribution is -2.53. The number of sulfonamides is 1. The van der Waals surface area contributed by atoms with Crippen molar-refractivity contribution in [2.75, 3.05) is 24.5 Å². The number of aliphatic hydroxyl groups excluding tert-OH is 1. The summed E-state index contributed by atoms with van der Waals surface area (Å²) in [6.45, 7) is 5.83. The zero-order chi connectivity index (χ0) is 30.3. The molecule has 3 aromatic carbocycles. The summed E-state index contributed by atoms with van der Waals surface area (Å²) in [7, 11) is -3.93. The van der Waals surface area contributed by atoms with E-state index in [4.69, 9.17) is 4.74 Å². The SMILES string of the molecule is CC[C@H](C)CN(C[C@@H](O)[C@H](Cc1ccccc1)NC(=O)[C@@H]1CN(c2ccccc2)C(=O)O1)S(=O)(=O)c1ccc(C)cc1. The maximum absolute atomic E-state index is 13.7. The number of benzene rings is 3. The molecule has 9 nitrogen and oxygen atoms in total. The third kappa shape index (κ3) is 7.76. The van der Waals surface area contributed by atoms with Crippen molar-refractivity contribution < 1.29 is 27.9 Å². The Morgan fingerprint density at radius 2 is 1.64 bits per heavy atom. The molecule has 0 bridgehead atoms. The summed E-state index contributed by atoms with van der Waals surface area (Å²) >= 11 is 0. The molecule has 2 N–H and O–H groups in total. The number of aliphatic hydroxyl groups is 1. The van der Waals surface area contributed by atoms with E-state index in [9.17, 15) is 23.1 Å². The van der Waals surface area contributed by atoms with Gasteiger partial charge in [-0.3, -0.25) is 9.69 Å². The highest BCUT2D eigenvalue weighted by Crippen LogP contribution is 2.23. The van der Waals surface area contributed by atoms with Gasteiger partial charge in [-0.15, -0.1) is 0 Å². The highest BCUT2D eigenvalue weighted by Gasteiger charge is 2.39. The lowest BCUT2D eigenvalue weighted by atomic mass is 10.0. The Kier molecular flexibility index (Phi) is 10.4. The summed E-state index contributed by atoms with van der Waals surface area (Å²) in [6.07, 6.45) is -1.97. The molecule has 0 aliphatic carbocycles. The number of cyclic esters (lactones) is 1. The fourth-order valence-corrected chi connectivity index (χ4v) is 6.37. The van der Waals surface area contributed by atoms with Crippen molar-refractivity contribution in [2.45, 2.75) is 56.8 Å². The number of carbonyl (C=O) groups excluding carboxylic acids is 2. The highest BCUT2D eigenvalue weighted by molar-refractivity contribution is 7.89.